The molecule has 130 valence electrons. The first-order valence-electron chi connectivity index (χ1n) is 8.77. The van der Waals surface area contributed by atoms with Gasteiger partial charge in [-0.15, -0.1) is 0 Å². The van der Waals surface area contributed by atoms with E-state index in [0.29, 0.717) is 10.0 Å². The van der Waals surface area contributed by atoms with Crippen LogP contribution in [0, 0.1) is 0 Å². The van der Waals surface area contributed by atoms with Crippen LogP contribution >= 0.6 is 23.2 Å². The molecule has 1 saturated heterocycles. The molecular weight excluding hydrogens is 345 g/mol. The number of hydrogen-bond acceptors (Lipinski definition) is 3. The summed E-state index contributed by atoms with van der Waals surface area (Å²) in [5, 5.41) is 1.24. The summed E-state index contributed by atoms with van der Waals surface area (Å²) >= 11 is 12.6. The zero-order valence-corrected chi connectivity index (χ0v) is 15.7. The fourth-order valence-electron chi connectivity index (χ4n) is 4.39. The van der Waals surface area contributed by atoms with Crippen molar-refractivity contribution in [3.63, 3.8) is 0 Å². The lowest BCUT2D eigenvalue weighted by atomic mass is 9.81. The van der Waals surface area contributed by atoms with Crippen LogP contribution < -0.4 is 4.74 Å². The number of fused-ring (bicyclic) bond motifs is 2. The molecule has 3 unspecified atom stereocenters. The van der Waals surface area contributed by atoms with E-state index < -0.39 is 0 Å². The molecule has 1 aliphatic carbocycles. The third kappa shape index (κ3) is 2.76. The maximum absolute atomic E-state index is 6.66. The zero-order chi connectivity index (χ0) is 16.9. The SMILES string of the molecule is CC1CN(C23CCCCC2=Cc2cc(Cl)cc(Cl)c2O3)CC(C)O1. The largest absolute Gasteiger partial charge is 0.466 e. The van der Waals surface area contributed by atoms with E-state index in [-0.39, 0.29) is 17.9 Å². The first-order valence-corrected chi connectivity index (χ1v) is 9.53. The summed E-state index contributed by atoms with van der Waals surface area (Å²) in [6.45, 7) is 6.02. The smallest absolute Gasteiger partial charge is 0.186 e. The van der Waals surface area contributed by atoms with Crippen LogP contribution in [0.2, 0.25) is 10.0 Å². The fraction of sp³-hybridized carbons (Fsp3) is 0.579. The Kier molecular flexibility index (Phi) is 4.32. The molecule has 4 rings (SSSR count). The van der Waals surface area contributed by atoms with E-state index in [9.17, 15) is 0 Å². The summed E-state index contributed by atoms with van der Waals surface area (Å²) in [5.41, 5.74) is 1.96. The van der Waals surface area contributed by atoms with E-state index >= 15 is 0 Å². The average Bonchev–Trinajstić information content (AvgIpc) is 2.52. The van der Waals surface area contributed by atoms with Gasteiger partial charge >= 0.3 is 0 Å². The molecule has 0 N–H and O–H groups in total. The van der Waals surface area contributed by atoms with Gasteiger partial charge in [0, 0.05) is 30.1 Å². The Balaban J connectivity index is 1.79. The van der Waals surface area contributed by atoms with Gasteiger partial charge in [-0.2, -0.15) is 0 Å². The van der Waals surface area contributed by atoms with Crippen molar-refractivity contribution in [1.29, 1.82) is 0 Å². The number of ether oxygens (including phenoxy) is 2. The Hall–Kier alpha value is -0.740. The van der Waals surface area contributed by atoms with Crippen molar-refractivity contribution in [2.75, 3.05) is 13.1 Å². The maximum atomic E-state index is 6.66. The van der Waals surface area contributed by atoms with Crippen LogP contribution in [0.5, 0.6) is 5.75 Å². The second-order valence-electron chi connectivity index (χ2n) is 7.23. The predicted molar refractivity (Wildman–Crippen MR) is 97.8 cm³/mol. The van der Waals surface area contributed by atoms with Crippen molar-refractivity contribution < 1.29 is 9.47 Å². The average molecular weight is 368 g/mol. The van der Waals surface area contributed by atoms with Crippen LogP contribution in [0.1, 0.15) is 45.1 Å². The molecule has 0 bridgehead atoms. The highest BCUT2D eigenvalue weighted by Crippen LogP contribution is 2.49. The molecule has 2 aliphatic heterocycles. The molecule has 3 atom stereocenters. The Labute approximate surface area is 153 Å². The molecule has 3 nitrogen and oxygen atoms in total. The van der Waals surface area contributed by atoms with Crippen molar-refractivity contribution in [3.8, 4) is 5.75 Å². The minimum Gasteiger partial charge on any atom is -0.466 e. The molecule has 1 saturated carbocycles. The number of morpholine rings is 1. The summed E-state index contributed by atoms with van der Waals surface area (Å²) in [6.07, 6.45) is 7.09. The number of nitrogens with zero attached hydrogens (tertiary/aromatic N) is 1. The van der Waals surface area contributed by atoms with Gasteiger partial charge in [0.05, 0.1) is 17.2 Å². The molecule has 2 fully saturated rings. The van der Waals surface area contributed by atoms with E-state index in [0.717, 1.165) is 43.7 Å². The summed E-state index contributed by atoms with van der Waals surface area (Å²) in [7, 11) is 0. The topological polar surface area (TPSA) is 21.7 Å². The molecule has 3 aliphatic rings. The van der Waals surface area contributed by atoms with Crippen molar-refractivity contribution in [3.05, 3.63) is 33.3 Å². The quantitative estimate of drug-likeness (QED) is 0.684. The van der Waals surface area contributed by atoms with E-state index in [4.69, 9.17) is 32.7 Å². The first kappa shape index (κ1) is 16.7. The van der Waals surface area contributed by atoms with Gasteiger partial charge in [0.2, 0.25) is 0 Å². The molecule has 0 radical (unpaired) electrons. The van der Waals surface area contributed by atoms with Gasteiger partial charge in [-0.05, 0) is 56.9 Å². The van der Waals surface area contributed by atoms with E-state index in [1.54, 1.807) is 6.07 Å². The summed E-state index contributed by atoms with van der Waals surface area (Å²) < 4.78 is 12.6. The van der Waals surface area contributed by atoms with Crippen molar-refractivity contribution >= 4 is 29.3 Å². The Morgan fingerprint density at radius 1 is 1.12 bits per heavy atom. The van der Waals surface area contributed by atoms with Crippen LogP contribution in [-0.2, 0) is 4.74 Å². The molecular formula is C19H23Cl2NO2. The molecule has 24 heavy (non-hydrogen) atoms. The van der Waals surface area contributed by atoms with Gasteiger partial charge < -0.3 is 9.47 Å². The molecule has 1 aromatic rings. The van der Waals surface area contributed by atoms with Crippen LogP contribution in [0.3, 0.4) is 0 Å². The summed E-state index contributed by atoms with van der Waals surface area (Å²) in [4.78, 5) is 2.46. The third-order valence-electron chi connectivity index (χ3n) is 5.28. The molecule has 0 amide bonds. The predicted octanol–water partition coefficient (Wildman–Crippen LogP) is 5.15. The maximum Gasteiger partial charge on any atom is 0.186 e. The molecule has 1 aromatic carbocycles. The van der Waals surface area contributed by atoms with Gasteiger partial charge in [-0.25, -0.2) is 0 Å². The van der Waals surface area contributed by atoms with Crippen LogP contribution in [0.4, 0.5) is 0 Å². The fourth-order valence-corrected chi connectivity index (χ4v) is 4.94. The Bertz CT molecular complexity index is 680. The number of rotatable bonds is 1. The number of benzene rings is 1. The second-order valence-corrected chi connectivity index (χ2v) is 8.08. The molecule has 2 heterocycles. The van der Waals surface area contributed by atoms with E-state index in [1.165, 1.54) is 12.0 Å². The highest BCUT2D eigenvalue weighted by Gasteiger charge is 2.48. The lowest BCUT2D eigenvalue weighted by molar-refractivity contribution is -0.154. The highest BCUT2D eigenvalue weighted by molar-refractivity contribution is 6.36. The monoisotopic (exact) mass is 367 g/mol. The minimum absolute atomic E-state index is 0.206. The standard InChI is InChI=1S/C19H23Cl2NO2/c1-12-10-22(11-13(2)23-12)19-6-4-3-5-15(19)7-14-8-16(20)9-17(21)18(14)24-19/h7-9,12-13H,3-6,10-11H2,1-2H3. The van der Waals surface area contributed by atoms with Gasteiger partial charge in [0.25, 0.3) is 0 Å². The van der Waals surface area contributed by atoms with Gasteiger partial charge in [-0.3, -0.25) is 4.90 Å². The van der Waals surface area contributed by atoms with E-state index in [2.05, 4.69) is 24.8 Å². The van der Waals surface area contributed by atoms with Crippen LogP contribution in [0.25, 0.3) is 6.08 Å². The highest BCUT2D eigenvalue weighted by atomic mass is 35.5. The minimum atomic E-state index is -0.380. The van der Waals surface area contributed by atoms with Gasteiger partial charge in [0.15, 0.2) is 5.72 Å². The van der Waals surface area contributed by atoms with Gasteiger partial charge in [-0.1, -0.05) is 23.2 Å². The molecule has 0 aromatic heterocycles. The van der Waals surface area contributed by atoms with Crippen LogP contribution in [0.15, 0.2) is 17.7 Å². The third-order valence-corrected chi connectivity index (χ3v) is 5.78. The van der Waals surface area contributed by atoms with Gasteiger partial charge in [0.1, 0.15) is 5.75 Å². The Morgan fingerprint density at radius 3 is 2.62 bits per heavy atom. The zero-order valence-electron chi connectivity index (χ0n) is 14.1. The lowest BCUT2D eigenvalue weighted by Gasteiger charge is -2.52. The summed E-state index contributed by atoms with van der Waals surface area (Å²) in [5.74, 6) is 0.763. The number of hydrogen-bond donors (Lipinski definition) is 0. The first-order chi connectivity index (χ1) is 11.5. The molecule has 0 spiro atoms. The normalized spacial score (nSPS) is 33.2. The van der Waals surface area contributed by atoms with Crippen LogP contribution in [-0.4, -0.2) is 35.9 Å². The summed E-state index contributed by atoms with van der Waals surface area (Å²) in [6, 6.07) is 3.71. The lowest BCUT2D eigenvalue weighted by Crippen LogP contribution is -2.62. The van der Waals surface area contributed by atoms with Crippen molar-refractivity contribution in [1.82, 2.24) is 4.90 Å². The Morgan fingerprint density at radius 2 is 1.88 bits per heavy atom. The van der Waals surface area contributed by atoms with Crippen molar-refractivity contribution in [2.24, 2.45) is 0 Å². The molecule has 5 heteroatoms. The van der Waals surface area contributed by atoms with Crippen molar-refractivity contribution in [2.45, 2.75) is 57.5 Å². The number of halogens is 2. The second kappa shape index (κ2) is 6.21. The van der Waals surface area contributed by atoms with E-state index in [1.807, 2.05) is 6.07 Å².